The van der Waals surface area contributed by atoms with Crippen LogP contribution in [0.25, 0.3) is 0 Å². The van der Waals surface area contributed by atoms with Crippen molar-refractivity contribution in [3.8, 4) is 17.2 Å². The molecular weight excluding hydrogens is 320 g/mol. The Bertz CT molecular complexity index is 764. The van der Waals surface area contributed by atoms with E-state index in [9.17, 15) is 9.59 Å². The van der Waals surface area contributed by atoms with Crippen LogP contribution in [0.15, 0.2) is 42.5 Å². The maximum absolute atomic E-state index is 12.2. The van der Waals surface area contributed by atoms with Gasteiger partial charge in [-0.15, -0.1) is 0 Å². The molecule has 5 nitrogen and oxygen atoms in total. The molecule has 0 radical (unpaired) electrons. The lowest BCUT2D eigenvalue weighted by atomic mass is 10.1. The van der Waals surface area contributed by atoms with Crippen molar-refractivity contribution < 1.29 is 23.8 Å². The molecule has 0 atom stereocenters. The van der Waals surface area contributed by atoms with Crippen molar-refractivity contribution in [1.29, 1.82) is 0 Å². The van der Waals surface area contributed by atoms with Crippen molar-refractivity contribution in [2.24, 2.45) is 0 Å². The Hall–Kier alpha value is -2.82. The van der Waals surface area contributed by atoms with Crippen molar-refractivity contribution in [1.82, 2.24) is 0 Å². The minimum atomic E-state index is -0.456. The second-order valence-electron chi connectivity index (χ2n) is 5.89. The maximum Gasteiger partial charge on any atom is 0.343 e. The van der Waals surface area contributed by atoms with Crippen LogP contribution in [-0.2, 0) is 11.2 Å². The first-order chi connectivity index (χ1) is 12.2. The summed E-state index contributed by atoms with van der Waals surface area (Å²) in [6, 6.07) is 11.8. The first-order valence-corrected chi connectivity index (χ1v) is 8.44. The molecule has 25 heavy (non-hydrogen) atoms. The van der Waals surface area contributed by atoms with Gasteiger partial charge in [-0.1, -0.05) is 19.8 Å². The van der Waals surface area contributed by atoms with Gasteiger partial charge in [0.05, 0.1) is 18.6 Å². The van der Waals surface area contributed by atoms with Gasteiger partial charge in [0, 0.05) is 5.56 Å². The zero-order valence-electron chi connectivity index (χ0n) is 14.1. The minimum absolute atomic E-state index is 0.199. The average Bonchev–Trinajstić information content (AvgIpc) is 2.98. The van der Waals surface area contributed by atoms with Gasteiger partial charge in [0.1, 0.15) is 17.2 Å². The van der Waals surface area contributed by atoms with Crippen LogP contribution in [-0.4, -0.2) is 18.5 Å². The van der Waals surface area contributed by atoms with Crippen LogP contribution in [0, 0.1) is 0 Å². The maximum atomic E-state index is 12.2. The number of ether oxygens (including phenoxy) is 3. The quantitative estimate of drug-likeness (QED) is 0.434. The molecule has 2 aromatic carbocycles. The van der Waals surface area contributed by atoms with Crippen LogP contribution < -0.4 is 14.2 Å². The fraction of sp³-hybridized carbons (Fsp3) is 0.300. The zero-order valence-corrected chi connectivity index (χ0v) is 14.1. The molecule has 1 heterocycles. The number of carbonyl (C=O) groups is 2. The average molecular weight is 340 g/mol. The van der Waals surface area contributed by atoms with E-state index in [-0.39, 0.29) is 12.4 Å². The molecule has 0 amide bonds. The standard InChI is InChI=1S/C20H20O5/c1-2-3-4-11-23-16-7-5-14(6-8-16)20(22)24-17-9-10-18-15(12-17)13-19(21)25-18/h5-10,12H,2-4,11,13H2,1H3. The molecule has 0 bridgehead atoms. The summed E-state index contributed by atoms with van der Waals surface area (Å²) in [7, 11) is 0. The molecule has 0 saturated heterocycles. The topological polar surface area (TPSA) is 61.8 Å². The highest BCUT2D eigenvalue weighted by Crippen LogP contribution is 2.30. The second kappa shape index (κ2) is 7.83. The monoisotopic (exact) mass is 340 g/mol. The van der Waals surface area contributed by atoms with E-state index in [0.29, 0.717) is 23.7 Å². The number of fused-ring (bicyclic) bond motifs is 1. The number of rotatable bonds is 7. The van der Waals surface area contributed by atoms with Crippen molar-refractivity contribution in [3.05, 3.63) is 53.6 Å². The van der Waals surface area contributed by atoms with E-state index in [1.165, 1.54) is 0 Å². The third kappa shape index (κ3) is 4.38. The number of hydrogen-bond acceptors (Lipinski definition) is 5. The lowest BCUT2D eigenvalue weighted by Crippen LogP contribution is -2.08. The Balaban J connectivity index is 1.58. The summed E-state index contributed by atoms with van der Waals surface area (Å²) in [6.45, 7) is 2.82. The van der Waals surface area contributed by atoms with Gasteiger partial charge in [-0.25, -0.2) is 4.79 Å². The minimum Gasteiger partial charge on any atom is -0.494 e. The number of hydrogen-bond donors (Lipinski definition) is 0. The highest BCUT2D eigenvalue weighted by molar-refractivity contribution is 5.91. The lowest BCUT2D eigenvalue weighted by molar-refractivity contribution is -0.131. The lowest BCUT2D eigenvalue weighted by Gasteiger charge is -2.08. The molecule has 0 aliphatic carbocycles. The first kappa shape index (κ1) is 17.0. The molecule has 2 aromatic rings. The molecule has 0 N–H and O–H groups in total. The zero-order chi connectivity index (χ0) is 17.6. The van der Waals surface area contributed by atoms with Crippen molar-refractivity contribution in [3.63, 3.8) is 0 Å². The van der Waals surface area contributed by atoms with E-state index < -0.39 is 5.97 Å². The summed E-state index contributed by atoms with van der Waals surface area (Å²) in [5.74, 6) is 0.896. The van der Waals surface area contributed by atoms with Crippen molar-refractivity contribution in [2.45, 2.75) is 32.6 Å². The predicted octanol–water partition coefficient (Wildman–Crippen LogP) is 3.94. The Labute approximate surface area is 146 Å². The van der Waals surface area contributed by atoms with Crippen molar-refractivity contribution >= 4 is 11.9 Å². The Morgan fingerprint density at radius 2 is 1.84 bits per heavy atom. The van der Waals surface area contributed by atoms with Gasteiger partial charge in [-0.05, 0) is 48.9 Å². The smallest absolute Gasteiger partial charge is 0.343 e. The summed E-state index contributed by atoms with van der Waals surface area (Å²) in [5.41, 5.74) is 1.17. The second-order valence-corrected chi connectivity index (χ2v) is 5.89. The van der Waals surface area contributed by atoms with Gasteiger partial charge in [-0.3, -0.25) is 4.79 Å². The highest BCUT2D eigenvalue weighted by atomic mass is 16.5. The molecule has 0 unspecified atom stereocenters. The van der Waals surface area contributed by atoms with E-state index in [2.05, 4.69) is 6.92 Å². The summed E-state index contributed by atoms with van der Waals surface area (Å²) in [4.78, 5) is 23.5. The van der Waals surface area contributed by atoms with Gasteiger partial charge in [-0.2, -0.15) is 0 Å². The van der Waals surface area contributed by atoms with Crippen LogP contribution in [0.3, 0.4) is 0 Å². The third-order valence-electron chi connectivity index (χ3n) is 3.91. The summed E-state index contributed by atoms with van der Waals surface area (Å²) < 4.78 is 16.0. The van der Waals surface area contributed by atoms with E-state index in [1.54, 1.807) is 42.5 Å². The summed E-state index contributed by atoms with van der Waals surface area (Å²) >= 11 is 0. The Morgan fingerprint density at radius 3 is 2.60 bits per heavy atom. The van der Waals surface area contributed by atoms with Gasteiger partial charge in [0.15, 0.2) is 0 Å². The molecule has 0 aromatic heterocycles. The van der Waals surface area contributed by atoms with E-state index >= 15 is 0 Å². The summed E-state index contributed by atoms with van der Waals surface area (Å²) in [6.07, 6.45) is 3.51. The molecule has 1 aliphatic rings. The van der Waals surface area contributed by atoms with Crippen LogP contribution in [0.4, 0.5) is 0 Å². The summed E-state index contributed by atoms with van der Waals surface area (Å²) in [5, 5.41) is 0. The van der Waals surface area contributed by atoms with Crippen LogP contribution in [0.5, 0.6) is 17.2 Å². The fourth-order valence-corrected chi connectivity index (χ4v) is 2.57. The molecule has 0 fully saturated rings. The molecule has 0 spiro atoms. The highest BCUT2D eigenvalue weighted by Gasteiger charge is 2.21. The first-order valence-electron chi connectivity index (χ1n) is 8.44. The molecule has 3 rings (SSSR count). The van der Waals surface area contributed by atoms with E-state index in [1.807, 2.05) is 0 Å². The third-order valence-corrected chi connectivity index (χ3v) is 3.91. The molecule has 0 saturated carbocycles. The number of carbonyl (C=O) groups excluding carboxylic acids is 2. The van der Waals surface area contributed by atoms with Gasteiger partial charge >= 0.3 is 11.9 Å². The molecule has 5 heteroatoms. The van der Waals surface area contributed by atoms with Gasteiger partial charge in [0.25, 0.3) is 0 Å². The SMILES string of the molecule is CCCCCOc1ccc(C(=O)Oc2ccc3c(c2)CC(=O)O3)cc1. The fourth-order valence-electron chi connectivity index (χ4n) is 2.57. The van der Waals surface area contributed by atoms with E-state index in [0.717, 1.165) is 30.6 Å². The van der Waals surface area contributed by atoms with Gasteiger partial charge < -0.3 is 14.2 Å². The number of unbranched alkanes of at least 4 members (excludes halogenated alkanes) is 2. The Kier molecular flexibility index (Phi) is 5.33. The van der Waals surface area contributed by atoms with Crippen LogP contribution >= 0.6 is 0 Å². The van der Waals surface area contributed by atoms with E-state index in [4.69, 9.17) is 14.2 Å². The van der Waals surface area contributed by atoms with Crippen LogP contribution in [0.1, 0.15) is 42.1 Å². The largest absolute Gasteiger partial charge is 0.494 e. The Morgan fingerprint density at radius 1 is 1.08 bits per heavy atom. The molecule has 130 valence electrons. The van der Waals surface area contributed by atoms with Crippen LogP contribution in [0.2, 0.25) is 0 Å². The van der Waals surface area contributed by atoms with Crippen molar-refractivity contribution in [2.75, 3.05) is 6.61 Å². The van der Waals surface area contributed by atoms with Gasteiger partial charge in [0.2, 0.25) is 0 Å². The number of esters is 2. The molecule has 1 aliphatic heterocycles. The number of benzene rings is 2. The normalized spacial score (nSPS) is 12.4. The molecular formula is C20H20O5. The predicted molar refractivity (Wildman–Crippen MR) is 92.2 cm³/mol.